The van der Waals surface area contributed by atoms with Crippen LogP contribution < -0.4 is 19.6 Å². The minimum Gasteiger partial charge on any atom is -0.508 e. The van der Waals surface area contributed by atoms with Crippen molar-refractivity contribution in [2.75, 3.05) is 20.3 Å². The van der Waals surface area contributed by atoms with Crippen LogP contribution in [0.1, 0.15) is 0 Å². The third kappa shape index (κ3) is 5.98. The van der Waals surface area contributed by atoms with Crippen molar-refractivity contribution in [2.24, 2.45) is 0 Å². The zero-order valence-corrected chi connectivity index (χ0v) is 23.4. The van der Waals surface area contributed by atoms with Gasteiger partial charge >= 0.3 is 0 Å². The van der Waals surface area contributed by atoms with Gasteiger partial charge < -0.3 is 79.2 Å². The second kappa shape index (κ2) is 12.9. The number of methoxy groups -OCH3 is 1. The van der Waals surface area contributed by atoms with Gasteiger partial charge in [-0.3, -0.25) is 4.79 Å². The van der Waals surface area contributed by atoms with E-state index in [2.05, 4.69) is 0 Å². The Morgan fingerprint density at radius 2 is 1.31 bits per heavy atom. The lowest BCUT2D eigenvalue weighted by Gasteiger charge is -2.39. The van der Waals surface area contributed by atoms with E-state index in [1.807, 2.05) is 0 Å². The smallest absolute Gasteiger partial charge is 0.239 e. The molecule has 17 heteroatoms. The first kappa shape index (κ1) is 32.6. The lowest BCUT2D eigenvalue weighted by atomic mass is 9.99. The van der Waals surface area contributed by atoms with Gasteiger partial charge in [-0.1, -0.05) is 0 Å². The fourth-order valence-corrected chi connectivity index (χ4v) is 5.04. The minimum absolute atomic E-state index is 0.0504. The SMILES string of the molecule is COc1cc(-c2oc3cc(O)cc(O)c3c(=O)c2OC2O[C@H](CO)[C@@H](O)[C@H](O)[C@H]2O)ccc1OC1O[C@H](CO)[C@@H](O)[C@H](O)[C@H]1O. The summed E-state index contributed by atoms with van der Waals surface area (Å²) in [6.45, 7) is -1.47. The van der Waals surface area contributed by atoms with Gasteiger partial charge in [-0.25, -0.2) is 0 Å². The molecule has 0 saturated carbocycles. The van der Waals surface area contributed by atoms with E-state index in [-0.39, 0.29) is 28.4 Å². The number of phenolic OH excluding ortho intramolecular Hbond substituents is 2. The Kier molecular flexibility index (Phi) is 9.38. The summed E-state index contributed by atoms with van der Waals surface area (Å²) in [5.74, 6) is -2.25. The van der Waals surface area contributed by atoms with Crippen molar-refractivity contribution >= 4 is 11.0 Å². The number of aliphatic hydroxyl groups is 8. The summed E-state index contributed by atoms with van der Waals surface area (Å²) in [6.07, 6.45) is -16.6. The molecule has 45 heavy (non-hydrogen) atoms. The molecule has 17 nitrogen and oxygen atoms in total. The third-order valence-electron chi connectivity index (χ3n) is 7.52. The number of ether oxygens (including phenoxy) is 5. The molecule has 0 bridgehead atoms. The maximum absolute atomic E-state index is 13.7. The van der Waals surface area contributed by atoms with Crippen LogP contribution in [0.25, 0.3) is 22.3 Å². The van der Waals surface area contributed by atoms with Gasteiger partial charge in [-0.2, -0.15) is 0 Å². The van der Waals surface area contributed by atoms with Crippen LogP contribution in [-0.2, 0) is 9.47 Å². The van der Waals surface area contributed by atoms with Gasteiger partial charge in [0.05, 0.1) is 20.3 Å². The van der Waals surface area contributed by atoms with Crippen molar-refractivity contribution in [3.8, 4) is 40.1 Å². The van der Waals surface area contributed by atoms with Crippen molar-refractivity contribution in [3.05, 3.63) is 40.6 Å². The fraction of sp³-hybridized carbons (Fsp3) is 0.464. The van der Waals surface area contributed by atoms with Gasteiger partial charge in [0.1, 0.15) is 71.3 Å². The van der Waals surface area contributed by atoms with E-state index in [0.717, 1.165) is 12.1 Å². The first-order valence-corrected chi connectivity index (χ1v) is 13.6. The second-order valence-electron chi connectivity index (χ2n) is 10.4. The summed E-state index contributed by atoms with van der Waals surface area (Å²) in [6, 6.07) is 5.83. The summed E-state index contributed by atoms with van der Waals surface area (Å²) in [4.78, 5) is 13.7. The standard InChI is InChI=1S/C28H32O17/c1-40-13-4-9(2-3-12(13)42-27-23(38)21(36)18(33)15(7-29)43-27)25-26(20(35)17-11(32)5-10(31)6-14(17)41-25)45-28-24(39)22(37)19(34)16(8-30)44-28/h2-6,15-16,18-19,21-24,27-34,36-39H,7-8H2,1H3/t15-,16-,18-,19-,21+,22+,23-,24-,27?,28?/m1/s1. The van der Waals surface area contributed by atoms with Crippen molar-refractivity contribution in [1.82, 2.24) is 0 Å². The van der Waals surface area contributed by atoms with Gasteiger partial charge in [0.15, 0.2) is 17.3 Å². The third-order valence-corrected chi connectivity index (χ3v) is 7.52. The predicted octanol–water partition coefficient (Wildman–Crippen LogP) is -2.76. The van der Waals surface area contributed by atoms with E-state index < -0.39 is 103 Å². The van der Waals surface area contributed by atoms with E-state index in [9.17, 15) is 55.9 Å². The first-order valence-electron chi connectivity index (χ1n) is 13.6. The van der Waals surface area contributed by atoms with Gasteiger partial charge in [-0.15, -0.1) is 0 Å². The quantitative estimate of drug-likeness (QED) is 0.119. The maximum Gasteiger partial charge on any atom is 0.239 e. The molecule has 246 valence electrons. The van der Waals surface area contributed by atoms with Gasteiger partial charge in [0, 0.05) is 17.7 Å². The molecule has 0 aliphatic carbocycles. The molecule has 1 aromatic heterocycles. The van der Waals surface area contributed by atoms with E-state index in [4.69, 9.17) is 28.1 Å². The Morgan fingerprint density at radius 1 is 0.733 bits per heavy atom. The van der Waals surface area contributed by atoms with Crippen LogP contribution in [0.2, 0.25) is 0 Å². The lowest BCUT2D eigenvalue weighted by molar-refractivity contribution is -0.277. The van der Waals surface area contributed by atoms with Gasteiger partial charge in [0.2, 0.25) is 23.8 Å². The van der Waals surface area contributed by atoms with E-state index >= 15 is 0 Å². The number of rotatable bonds is 8. The van der Waals surface area contributed by atoms with Crippen LogP contribution in [0.3, 0.4) is 0 Å². The Labute approximate surface area is 252 Å². The number of aromatic hydroxyl groups is 2. The number of fused-ring (bicyclic) bond motifs is 1. The monoisotopic (exact) mass is 640 g/mol. The normalized spacial score (nSPS) is 31.9. The largest absolute Gasteiger partial charge is 0.508 e. The van der Waals surface area contributed by atoms with E-state index in [1.54, 1.807) is 0 Å². The highest BCUT2D eigenvalue weighted by molar-refractivity contribution is 5.88. The Balaban J connectivity index is 1.58. The summed E-state index contributed by atoms with van der Waals surface area (Å²) in [7, 11) is 1.25. The molecule has 2 unspecified atom stereocenters. The molecule has 3 aromatic rings. The zero-order chi connectivity index (χ0) is 32.7. The number of hydrogen-bond donors (Lipinski definition) is 10. The number of aliphatic hydroxyl groups excluding tert-OH is 8. The molecule has 2 aromatic carbocycles. The van der Waals surface area contributed by atoms with Gasteiger partial charge in [0.25, 0.3) is 0 Å². The average molecular weight is 641 g/mol. The van der Waals surface area contributed by atoms with Crippen LogP contribution in [0.15, 0.2) is 39.5 Å². The van der Waals surface area contributed by atoms with Crippen molar-refractivity contribution < 1.29 is 79.2 Å². The van der Waals surface area contributed by atoms with Crippen LogP contribution >= 0.6 is 0 Å². The molecular formula is C28H32O17. The molecule has 10 atom stereocenters. The molecular weight excluding hydrogens is 608 g/mol. The molecule has 2 fully saturated rings. The summed E-state index contributed by atoms with van der Waals surface area (Å²) >= 11 is 0. The van der Waals surface area contributed by atoms with Crippen molar-refractivity contribution in [2.45, 2.75) is 61.4 Å². The van der Waals surface area contributed by atoms with Crippen LogP contribution in [-0.4, -0.2) is 133 Å². The molecule has 0 spiro atoms. The van der Waals surface area contributed by atoms with E-state index in [1.165, 1.54) is 25.3 Å². The highest BCUT2D eigenvalue weighted by Gasteiger charge is 2.46. The van der Waals surface area contributed by atoms with E-state index in [0.29, 0.717) is 0 Å². The zero-order valence-electron chi connectivity index (χ0n) is 23.4. The Bertz CT molecular complexity index is 1570. The number of phenols is 2. The Hall–Kier alpha value is -3.75. The van der Waals surface area contributed by atoms with Crippen LogP contribution in [0.4, 0.5) is 0 Å². The Morgan fingerprint density at radius 3 is 1.87 bits per heavy atom. The molecule has 10 N–H and O–H groups in total. The molecule has 0 radical (unpaired) electrons. The fourth-order valence-electron chi connectivity index (χ4n) is 5.04. The van der Waals surface area contributed by atoms with Crippen molar-refractivity contribution in [1.29, 1.82) is 0 Å². The first-order chi connectivity index (χ1) is 21.4. The molecule has 2 saturated heterocycles. The maximum atomic E-state index is 13.7. The molecule has 5 rings (SSSR count). The lowest BCUT2D eigenvalue weighted by Crippen LogP contribution is -2.60. The minimum atomic E-state index is -1.91. The second-order valence-corrected chi connectivity index (χ2v) is 10.4. The summed E-state index contributed by atoms with van der Waals surface area (Å²) in [5, 5.41) is 100. The molecule has 3 heterocycles. The molecule has 2 aliphatic rings. The summed E-state index contributed by atoms with van der Waals surface area (Å²) in [5.41, 5.74) is -1.23. The van der Waals surface area contributed by atoms with Gasteiger partial charge in [-0.05, 0) is 18.2 Å². The number of benzene rings is 2. The highest BCUT2D eigenvalue weighted by Crippen LogP contribution is 2.40. The molecule has 0 amide bonds. The molecule has 2 aliphatic heterocycles. The van der Waals surface area contributed by atoms with Crippen LogP contribution in [0.5, 0.6) is 28.7 Å². The van der Waals surface area contributed by atoms with Crippen LogP contribution in [0, 0.1) is 0 Å². The highest BCUT2D eigenvalue weighted by atomic mass is 16.7. The average Bonchev–Trinajstić information content (AvgIpc) is 3.02. The topological polar surface area (TPSA) is 279 Å². The summed E-state index contributed by atoms with van der Waals surface area (Å²) < 4.78 is 33.4. The number of hydrogen-bond acceptors (Lipinski definition) is 17. The van der Waals surface area contributed by atoms with Crippen molar-refractivity contribution in [3.63, 3.8) is 0 Å². The predicted molar refractivity (Wildman–Crippen MR) is 147 cm³/mol.